The van der Waals surface area contributed by atoms with Crippen LogP contribution in [0.4, 0.5) is 0 Å². The van der Waals surface area contributed by atoms with E-state index in [0.29, 0.717) is 22.9 Å². The van der Waals surface area contributed by atoms with Crippen LogP contribution < -0.4 is 5.69 Å². The minimum Gasteiger partial charge on any atom is -0.481 e. The lowest BCUT2D eigenvalue weighted by Gasteiger charge is -2.15. The predicted octanol–water partition coefficient (Wildman–Crippen LogP) is 2.33. The van der Waals surface area contributed by atoms with Crippen LogP contribution in [0.5, 0.6) is 0 Å². The summed E-state index contributed by atoms with van der Waals surface area (Å²) in [4.78, 5) is 31.3. The van der Waals surface area contributed by atoms with E-state index < -0.39 is 17.6 Å². The van der Waals surface area contributed by atoms with Crippen molar-refractivity contribution in [3.05, 3.63) is 37.4 Å². The molecular formula is C13H14BrN3O3S. The van der Waals surface area contributed by atoms with Crippen LogP contribution in [0.1, 0.15) is 23.9 Å². The van der Waals surface area contributed by atoms with E-state index in [1.165, 1.54) is 15.9 Å². The van der Waals surface area contributed by atoms with Gasteiger partial charge in [0.2, 0.25) is 0 Å². The molecular weight excluding hydrogens is 358 g/mol. The molecule has 21 heavy (non-hydrogen) atoms. The fraction of sp³-hybridized carbons (Fsp3) is 0.385. The molecule has 0 fully saturated rings. The summed E-state index contributed by atoms with van der Waals surface area (Å²) >= 11 is 4.63. The van der Waals surface area contributed by atoms with Crippen LogP contribution in [0.3, 0.4) is 0 Å². The summed E-state index contributed by atoms with van der Waals surface area (Å²) in [5.74, 6) is -1.42. The SMILES string of the molecule is Cc1nc(=O)n(-c2ncc(Br)s2)c(C)c1CC(C)C(=O)O. The van der Waals surface area contributed by atoms with Gasteiger partial charge in [0.25, 0.3) is 0 Å². The molecule has 0 aliphatic rings. The van der Waals surface area contributed by atoms with Gasteiger partial charge in [-0.1, -0.05) is 18.3 Å². The summed E-state index contributed by atoms with van der Waals surface area (Å²) in [5, 5.41) is 9.58. The second kappa shape index (κ2) is 6.07. The third-order valence-corrected chi connectivity index (χ3v) is 4.71. The highest BCUT2D eigenvalue weighted by atomic mass is 79.9. The van der Waals surface area contributed by atoms with Gasteiger partial charge < -0.3 is 5.11 Å². The monoisotopic (exact) mass is 371 g/mol. The summed E-state index contributed by atoms with van der Waals surface area (Å²) < 4.78 is 2.23. The molecule has 2 aromatic heterocycles. The first-order valence-corrected chi connectivity index (χ1v) is 7.85. The van der Waals surface area contributed by atoms with Gasteiger partial charge in [0.05, 0.1) is 15.9 Å². The van der Waals surface area contributed by atoms with Crippen molar-refractivity contribution >= 4 is 33.2 Å². The second-order valence-corrected chi connectivity index (χ2v) is 7.16. The van der Waals surface area contributed by atoms with Crippen molar-refractivity contribution in [3.63, 3.8) is 0 Å². The molecule has 1 unspecified atom stereocenters. The van der Waals surface area contributed by atoms with E-state index in [9.17, 15) is 9.59 Å². The first kappa shape index (κ1) is 15.8. The maximum atomic E-state index is 12.1. The van der Waals surface area contributed by atoms with Gasteiger partial charge in [0.1, 0.15) is 0 Å². The Bertz CT molecular complexity index is 754. The van der Waals surface area contributed by atoms with Gasteiger partial charge in [-0.25, -0.2) is 14.3 Å². The third-order valence-electron chi connectivity index (χ3n) is 3.25. The lowest BCUT2D eigenvalue weighted by atomic mass is 9.99. The molecule has 0 spiro atoms. The minimum absolute atomic E-state index is 0.326. The van der Waals surface area contributed by atoms with E-state index in [1.807, 2.05) is 0 Å². The summed E-state index contributed by atoms with van der Waals surface area (Å²) in [6.45, 7) is 5.15. The number of thiazole rings is 1. The molecule has 1 atom stereocenters. The highest BCUT2D eigenvalue weighted by molar-refractivity contribution is 9.11. The summed E-state index contributed by atoms with van der Waals surface area (Å²) in [7, 11) is 0. The van der Waals surface area contributed by atoms with Crippen molar-refractivity contribution < 1.29 is 9.90 Å². The first-order chi connectivity index (χ1) is 9.81. The normalized spacial score (nSPS) is 12.4. The molecule has 0 saturated carbocycles. The smallest absolute Gasteiger partial charge is 0.354 e. The fourth-order valence-corrected chi connectivity index (χ4v) is 3.29. The van der Waals surface area contributed by atoms with Gasteiger partial charge in [-0.15, -0.1) is 0 Å². The zero-order valence-electron chi connectivity index (χ0n) is 11.8. The van der Waals surface area contributed by atoms with Crippen LogP contribution in [0, 0.1) is 19.8 Å². The number of halogens is 1. The molecule has 0 amide bonds. The van der Waals surface area contributed by atoms with Gasteiger partial charge >= 0.3 is 11.7 Å². The molecule has 0 bridgehead atoms. The Labute approximate surface area is 133 Å². The van der Waals surface area contributed by atoms with E-state index in [1.54, 1.807) is 27.0 Å². The topological polar surface area (TPSA) is 85.1 Å². The van der Waals surface area contributed by atoms with Crippen LogP contribution in [0.2, 0.25) is 0 Å². The van der Waals surface area contributed by atoms with E-state index in [4.69, 9.17) is 5.11 Å². The van der Waals surface area contributed by atoms with Crippen molar-refractivity contribution in [2.45, 2.75) is 27.2 Å². The maximum Gasteiger partial charge on any atom is 0.354 e. The number of carbonyl (C=O) groups is 1. The highest BCUT2D eigenvalue weighted by Crippen LogP contribution is 2.24. The molecule has 0 radical (unpaired) electrons. The Kier molecular flexibility index (Phi) is 4.58. The molecule has 0 saturated heterocycles. The largest absolute Gasteiger partial charge is 0.481 e. The maximum absolute atomic E-state index is 12.1. The number of aliphatic carboxylic acids is 1. The molecule has 2 rings (SSSR count). The number of hydrogen-bond acceptors (Lipinski definition) is 5. The molecule has 0 aromatic carbocycles. The van der Waals surface area contributed by atoms with Crippen molar-refractivity contribution in [1.82, 2.24) is 14.5 Å². The lowest BCUT2D eigenvalue weighted by Crippen LogP contribution is -2.27. The molecule has 0 aliphatic heterocycles. The number of carboxylic acid groups (broad SMARTS) is 1. The van der Waals surface area contributed by atoms with Gasteiger partial charge in [0, 0.05) is 11.4 Å². The highest BCUT2D eigenvalue weighted by Gasteiger charge is 2.19. The van der Waals surface area contributed by atoms with Crippen molar-refractivity contribution in [3.8, 4) is 5.13 Å². The standard InChI is InChI=1S/C13H14BrN3O3S/c1-6(11(18)19)4-9-7(2)16-12(20)17(8(9)3)13-15-5-10(14)21-13/h5-6H,4H2,1-3H3,(H,18,19). The Morgan fingerprint density at radius 1 is 1.52 bits per heavy atom. The molecule has 0 aliphatic carbocycles. The van der Waals surface area contributed by atoms with Gasteiger partial charge in [-0.05, 0) is 41.8 Å². The zero-order chi connectivity index (χ0) is 15.7. The van der Waals surface area contributed by atoms with Crippen LogP contribution in [-0.2, 0) is 11.2 Å². The van der Waals surface area contributed by atoms with Gasteiger partial charge in [-0.2, -0.15) is 4.98 Å². The molecule has 112 valence electrons. The second-order valence-electron chi connectivity index (χ2n) is 4.77. The Balaban J connectivity index is 2.58. The summed E-state index contributed by atoms with van der Waals surface area (Å²) in [6, 6.07) is 0. The van der Waals surface area contributed by atoms with Crippen molar-refractivity contribution in [2.24, 2.45) is 5.92 Å². The van der Waals surface area contributed by atoms with E-state index in [2.05, 4.69) is 25.9 Å². The number of carboxylic acids is 1. The quantitative estimate of drug-likeness (QED) is 0.891. The third kappa shape index (κ3) is 3.21. The Morgan fingerprint density at radius 2 is 2.19 bits per heavy atom. The lowest BCUT2D eigenvalue weighted by molar-refractivity contribution is -0.141. The van der Waals surface area contributed by atoms with Gasteiger partial charge in [-0.3, -0.25) is 4.79 Å². The number of nitrogens with zero attached hydrogens (tertiary/aromatic N) is 3. The van der Waals surface area contributed by atoms with Crippen molar-refractivity contribution in [2.75, 3.05) is 0 Å². The summed E-state index contributed by atoms with van der Waals surface area (Å²) in [5.41, 5.74) is 1.62. The predicted molar refractivity (Wildman–Crippen MR) is 83.2 cm³/mol. The molecule has 2 heterocycles. The van der Waals surface area contributed by atoms with Gasteiger partial charge in [0.15, 0.2) is 5.13 Å². The number of hydrogen-bond donors (Lipinski definition) is 1. The molecule has 8 heteroatoms. The number of aryl methyl sites for hydroxylation is 1. The van der Waals surface area contributed by atoms with Crippen LogP contribution in [-0.4, -0.2) is 25.6 Å². The van der Waals surface area contributed by atoms with E-state index in [0.717, 1.165) is 9.35 Å². The van der Waals surface area contributed by atoms with Crippen LogP contribution in [0.25, 0.3) is 5.13 Å². The Morgan fingerprint density at radius 3 is 2.71 bits per heavy atom. The minimum atomic E-state index is -0.872. The zero-order valence-corrected chi connectivity index (χ0v) is 14.2. The molecule has 6 nitrogen and oxygen atoms in total. The van der Waals surface area contributed by atoms with Crippen LogP contribution >= 0.6 is 27.3 Å². The first-order valence-electron chi connectivity index (χ1n) is 6.25. The molecule has 1 N–H and O–H groups in total. The van der Waals surface area contributed by atoms with Crippen LogP contribution in [0.15, 0.2) is 14.8 Å². The number of aromatic nitrogens is 3. The summed E-state index contributed by atoms with van der Waals surface area (Å²) in [6.07, 6.45) is 1.94. The van der Waals surface area contributed by atoms with E-state index >= 15 is 0 Å². The van der Waals surface area contributed by atoms with Crippen molar-refractivity contribution in [1.29, 1.82) is 0 Å². The number of rotatable bonds is 4. The molecule has 2 aromatic rings. The average Bonchev–Trinajstić information content (AvgIpc) is 2.80. The van der Waals surface area contributed by atoms with E-state index in [-0.39, 0.29) is 0 Å². The Hall–Kier alpha value is -1.54. The fourth-order valence-electron chi connectivity index (χ4n) is 2.06. The average molecular weight is 372 g/mol.